The Labute approximate surface area is 124 Å². The third-order valence-corrected chi connectivity index (χ3v) is 2.85. The third-order valence-electron chi connectivity index (χ3n) is 2.85. The van der Waals surface area contributed by atoms with Gasteiger partial charge in [0.1, 0.15) is 5.69 Å². The molecule has 118 valence electrons. The second kappa shape index (κ2) is 7.72. The predicted octanol–water partition coefficient (Wildman–Crippen LogP) is 2.09. The minimum Gasteiger partial charge on any atom is -0.393 e. The highest BCUT2D eigenvalue weighted by atomic mass is 16.6. The number of aliphatic hydroxyl groups is 1. The highest BCUT2D eigenvalue weighted by Gasteiger charge is 2.23. The maximum atomic E-state index is 11.2. The first-order chi connectivity index (χ1) is 9.85. The van der Waals surface area contributed by atoms with Gasteiger partial charge in [-0.1, -0.05) is 6.92 Å². The van der Waals surface area contributed by atoms with Crippen LogP contribution in [0.3, 0.4) is 0 Å². The number of anilines is 2. The van der Waals surface area contributed by atoms with Gasteiger partial charge in [0.05, 0.1) is 11.0 Å². The number of aryl methyl sites for hydroxylation is 1. The molecule has 0 aliphatic carbocycles. The molecular formula is C13H23N5O3. The Morgan fingerprint density at radius 1 is 1.38 bits per heavy atom. The lowest BCUT2D eigenvalue weighted by Gasteiger charge is -2.17. The molecule has 0 aliphatic rings. The molecule has 0 aliphatic heterocycles. The van der Waals surface area contributed by atoms with E-state index in [1.54, 1.807) is 13.8 Å². The van der Waals surface area contributed by atoms with Gasteiger partial charge in [0.2, 0.25) is 11.8 Å². The standard InChI is InChI=1S/C13H23N5O3/c1-5-6-14-13-16-10(4)11(18(20)21)12(17-13)15-8(2)7-9(3)19/h8-9,19H,5-7H2,1-4H3,(H2,14,15,16,17). The summed E-state index contributed by atoms with van der Waals surface area (Å²) in [5, 5.41) is 26.6. The van der Waals surface area contributed by atoms with Gasteiger partial charge in [-0.15, -0.1) is 0 Å². The SMILES string of the molecule is CCCNc1nc(C)c([N+](=O)[O-])c(NC(C)CC(C)O)n1. The summed E-state index contributed by atoms with van der Waals surface area (Å²) in [5.41, 5.74) is 0.176. The third kappa shape index (κ3) is 5.14. The van der Waals surface area contributed by atoms with Crippen molar-refractivity contribution in [3.63, 3.8) is 0 Å². The Bertz CT molecular complexity index is 493. The molecule has 1 heterocycles. The molecule has 0 amide bonds. The zero-order valence-corrected chi connectivity index (χ0v) is 12.9. The number of nitrogens with one attached hydrogen (secondary N) is 2. The molecule has 0 bridgehead atoms. The molecule has 0 aromatic carbocycles. The first-order valence-corrected chi connectivity index (χ1v) is 7.06. The van der Waals surface area contributed by atoms with E-state index < -0.39 is 11.0 Å². The number of nitro groups is 1. The van der Waals surface area contributed by atoms with E-state index in [-0.39, 0.29) is 17.5 Å². The molecule has 8 nitrogen and oxygen atoms in total. The summed E-state index contributed by atoms with van der Waals surface area (Å²) in [6, 6.07) is -0.142. The van der Waals surface area contributed by atoms with Crippen molar-refractivity contribution in [3.8, 4) is 0 Å². The van der Waals surface area contributed by atoms with E-state index in [1.165, 1.54) is 0 Å². The lowest BCUT2D eigenvalue weighted by atomic mass is 10.1. The molecule has 0 spiro atoms. The number of nitrogens with zero attached hydrogens (tertiary/aromatic N) is 3. The summed E-state index contributed by atoms with van der Waals surface area (Å²) in [4.78, 5) is 19.0. The van der Waals surface area contributed by atoms with Crippen LogP contribution in [0.1, 0.15) is 39.3 Å². The molecule has 21 heavy (non-hydrogen) atoms. The average Bonchev–Trinajstić information content (AvgIpc) is 2.34. The van der Waals surface area contributed by atoms with E-state index in [2.05, 4.69) is 20.6 Å². The second-order valence-corrected chi connectivity index (χ2v) is 5.14. The lowest BCUT2D eigenvalue weighted by molar-refractivity contribution is -0.385. The minimum atomic E-state index is -0.493. The smallest absolute Gasteiger partial charge is 0.332 e. The van der Waals surface area contributed by atoms with Gasteiger partial charge in [-0.3, -0.25) is 10.1 Å². The van der Waals surface area contributed by atoms with Gasteiger partial charge in [-0.25, -0.2) is 4.98 Å². The molecule has 0 radical (unpaired) electrons. The van der Waals surface area contributed by atoms with Crippen LogP contribution in [0.15, 0.2) is 0 Å². The van der Waals surface area contributed by atoms with E-state index in [0.717, 1.165) is 6.42 Å². The minimum absolute atomic E-state index is 0.130. The monoisotopic (exact) mass is 297 g/mol. The maximum Gasteiger partial charge on any atom is 0.332 e. The van der Waals surface area contributed by atoms with Crippen molar-refractivity contribution in [1.29, 1.82) is 0 Å². The van der Waals surface area contributed by atoms with Crippen molar-refractivity contribution < 1.29 is 10.0 Å². The fraction of sp³-hybridized carbons (Fsp3) is 0.692. The Balaban J connectivity index is 3.06. The van der Waals surface area contributed by atoms with Gasteiger partial charge >= 0.3 is 5.69 Å². The molecule has 0 saturated heterocycles. The quantitative estimate of drug-likeness (QED) is 0.497. The highest BCUT2D eigenvalue weighted by Crippen LogP contribution is 2.27. The summed E-state index contributed by atoms with van der Waals surface area (Å²) < 4.78 is 0. The molecule has 0 fully saturated rings. The summed E-state index contributed by atoms with van der Waals surface area (Å²) >= 11 is 0. The summed E-state index contributed by atoms with van der Waals surface area (Å²) in [7, 11) is 0. The van der Waals surface area contributed by atoms with Crippen LogP contribution in [0, 0.1) is 17.0 Å². The van der Waals surface area contributed by atoms with Crippen molar-refractivity contribution >= 4 is 17.5 Å². The number of aliphatic hydroxyl groups excluding tert-OH is 1. The van der Waals surface area contributed by atoms with Crippen LogP contribution in [0.2, 0.25) is 0 Å². The van der Waals surface area contributed by atoms with Gasteiger partial charge in [0, 0.05) is 12.6 Å². The first-order valence-electron chi connectivity index (χ1n) is 7.06. The van der Waals surface area contributed by atoms with Gasteiger partial charge < -0.3 is 15.7 Å². The number of rotatable bonds is 8. The average molecular weight is 297 g/mol. The van der Waals surface area contributed by atoms with Gasteiger partial charge in [0.15, 0.2) is 0 Å². The molecule has 0 saturated carbocycles. The fourth-order valence-electron chi connectivity index (χ4n) is 2.01. The van der Waals surface area contributed by atoms with Crippen LogP contribution in [0.25, 0.3) is 0 Å². The lowest BCUT2D eigenvalue weighted by Crippen LogP contribution is -2.22. The zero-order valence-electron chi connectivity index (χ0n) is 12.9. The molecule has 3 N–H and O–H groups in total. The van der Waals surface area contributed by atoms with Crippen LogP contribution in [0.4, 0.5) is 17.5 Å². The molecular weight excluding hydrogens is 274 g/mol. The van der Waals surface area contributed by atoms with E-state index in [9.17, 15) is 15.2 Å². The Hall–Kier alpha value is -1.96. The van der Waals surface area contributed by atoms with Crippen molar-refractivity contribution in [2.24, 2.45) is 0 Å². The number of aromatic nitrogens is 2. The maximum absolute atomic E-state index is 11.2. The molecule has 1 aromatic rings. The zero-order chi connectivity index (χ0) is 16.0. The molecule has 1 aromatic heterocycles. The van der Waals surface area contributed by atoms with Crippen LogP contribution >= 0.6 is 0 Å². The van der Waals surface area contributed by atoms with Crippen molar-refractivity contribution in [2.45, 2.75) is 52.7 Å². The van der Waals surface area contributed by atoms with Crippen molar-refractivity contribution in [2.75, 3.05) is 17.2 Å². The van der Waals surface area contributed by atoms with Crippen molar-refractivity contribution in [3.05, 3.63) is 15.8 Å². The largest absolute Gasteiger partial charge is 0.393 e. The first kappa shape index (κ1) is 17.1. The van der Waals surface area contributed by atoms with Crippen LogP contribution in [0.5, 0.6) is 0 Å². The molecule has 8 heteroatoms. The van der Waals surface area contributed by atoms with E-state index in [0.29, 0.717) is 24.6 Å². The van der Waals surface area contributed by atoms with E-state index in [4.69, 9.17) is 0 Å². The van der Waals surface area contributed by atoms with Gasteiger partial charge in [-0.05, 0) is 33.6 Å². The van der Waals surface area contributed by atoms with Crippen LogP contribution < -0.4 is 10.6 Å². The van der Waals surface area contributed by atoms with Gasteiger partial charge in [0.25, 0.3) is 0 Å². The predicted molar refractivity (Wildman–Crippen MR) is 81.6 cm³/mol. The van der Waals surface area contributed by atoms with E-state index >= 15 is 0 Å². The Kier molecular flexibility index (Phi) is 6.29. The Morgan fingerprint density at radius 2 is 2.05 bits per heavy atom. The second-order valence-electron chi connectivity index (χ2n) is 5.14. The van der Waals surface area contributed by atoms with Crippen molar-refractivity contribution in [1.82, 2.24) is 9.97 Å². The number of hydrogen-bond acceptors (Lipinski definition) is 7. The highest BCUT2D eigenvalue weighted by molar-refractivity contribution is 5.61. The topological polar surface area (TPSA) is 113 Å². The normalized spacial score (nSPS) is 13.6. The summed E-state index contributed by atoms with van der Waals surface area (Å²) in [6.45, 7) is 7.80. The van der Waals surface area contributed by atoms with Crippen LogP contribution in [-0.2, 0) is 0 Å². The van der Waals surface area contributed by atoms with E-state index in [1.807, 2.05) is 13.8 Å². The number of hydrogen-bond donors (Lipinski definition) is 3. The van der Waals surface area contributed by atoms with Crippen LogP contribution in [-0.4, -0.2) is 38.7 Å². The Morgan fingerprint density at radius 3 is 2.57 bits per heavy atom. The molecule has 2 atom stereocenters. The van der Waals surface area contributed by atoms with Gasteiger partial charge in [-0.2, -0.15) is 4.98 Å². The summed E-state index contributed by atoms with van der Waals surface area (Å²) in [6.07, 6.45) is 0.880. The molecule has 1 rings (SSSR count). The summed E-state index contributed by atoms with van der Waals surface area (Å²) in [5.74, 6) is 0.547. The fourth-order valence-corrected chi connectivity index (χ4v) is 2.01. The molecule has 2 unspecified atom stereocenters.